The third-order valence-electron chi connectivity index (χ3n) is 3.01. The van der Waals surface area contributed by atoms with E-state index in [0.717, 1.165) is 0 Å². The van der Waals surface area contributed by atoms with Crippen LogP contribution in [0.15, 0.2) is 42.5 Å². The third-order valence-corrected chi connectivity index (χ3v) is 3.35. The van der Waals surface area contributed by atoms with E-state index in [2.05, 4.69) is 5.32 Å². The van der Waals surface area contributed by atoms with Gasteiger partial charge in [0.25, 0.3) is 5.91 Å². The molecule has 3 N–H and O–H groups in total. The van der Waals surface area contributed by atoms with Gasteiger partial charge in [-0.25, -0.2) is 0 Å². The second-order valence-corrected chi connectivity index (χ2v) is 5.04. The van der Waals surface area contributed by atoms with Crippen LogP contribution >= 0.6 is 11.6 Å². The van der Waals surface area contributed by atoms with Gasteiger partial charge in [0.1, 0.15) is 0 Å². The average molecular weight is 321 g/mol. The number of ether oxygens (including phenoxy) is 2. The SMILES string of the molecule is COc1ccccc1OC(C)C(=O)Nc1ccc(Cl)c(N)c1. The number of carbonyl (C=O) groups is 1. The Bertz CT molecular complexity index is 676. The highest BCUT2D eigenvalue weighted by Crippen LogP contribution is 2.27. The number of nitrogens with one attached hydrogen (secondary N) is 1. The first-order valence-electron chi connectivity index (χ1n) is 6.67. The molecule has 5 nitrogen and oxygen atoms in total. The van der Waals surface area contributed by atoms with Crippen LogP contribution in [0.5, 0.6) is 11.5 Å². The summed E-state index contributed by atoms with van der Waals surface area (Å²) in [6.07, 6.45) is -0.701. The van der Waals surface area contributed by atoms with E-state index in [1.807, 2.05) is 12.1 Å². The van der Waals surface area contributed by atoms with Gasteiger partial charge in [-0.05, 0) is 37.3 Å². The molecule has 1 amide bonds. The first-order valence-corrected chi connectivity index (χ1v) is 7.04. The summed E-state index contributed by atoms with van der Waals surface area (Å²) >= 11 is 5.84. The van der Waals surface area contributed by atoms with Crippen molar-refractivity contribution in [2.24, 2.45) is 0 Å². The quantitative estimate of drug-likeness (QED) is 0.829. The molecule has 0 aliphatic heterocycles. The number of hydrogen-bond acceptors (Lipinski definition) is 4. The molecule has 116 valence electrons. The Kier molecular flexibility index (Phi) is 5.12. The van der Waals surface area contributed by atoms with Gasteiger partial charge in [0.2, 0.25) is 0 Å². The number of rotatable bonds is 5. The number of para-hydroxylation sites is 2. The lowest BCUT2D eigenvalue weighted by Gasteiger charge is -2.16. The minimum atomic E-state index is -0.701. The standard InChI is InChI=1S/C16H17ClN2O3/c1-10(22-15-6-4-3-5-14(15)21-2)16(20)19-11-7-8-12(17)13(18)9-11/h3-10H,18H2,1-2H3,(H,19,20). The first-order chi connectivity index (χ1) is 10.5. The molecule has 2 aromatic rings. The van der Waals surface area contributed by atoms with Crippen molar-refractivity contribution in [1.29, 1.82) is 0 Å². The van der Waals surface area contributed by atoms with Crippen molar-refractivity contribution in [3.8, 4) is 11.5 Å². The lowest BCUT2D eigenvalue weighted by Crippen LogP contribution is -2.30. The zero-order valence-corrected chi connectivity index (χ0v) is 13.1. The Morgan fingerprint density at radius 3 is 2.55 bits per heavy atom. The van der Waals surface area contributed by atoms with E-state index in [1.165, 1.54) is 0 Å². The zero-order chi connectivity index (χ0) is 16.1. The molecule has 0 radical (unpaired) electrons. The van der Waals surface area contributed by atoms with Gasteiger partial charge in [-0.3, -0.25) is 4.79 Å². The molecule has 0 aliphatic rings. The summed E-state index contributed by atoms with van der Waals surface area (Å²) in [5.41, 5.74) is 6.66. The van der Waals surface area contributed by atoms with Crippen LogP contribution in [0.25, 0.3) is 0 Å². The van der Waals surface area contributed by atoms with Crippen molar-refractivity contribution < 1.29 is 14.3 Å². The fourth-order valence-corrected chi connectivity index (χ4v) is 1.94. The number of halogens is 1. The highest BCUT2D eigenvalue weighted by molar-refractivity contribution is 6.33. The molecule has 0 saturated heterocycles. The number of hydrogen-bond donors (Lipinski definition) is 2. The van der Waals surface area contributed by atoms with Crippen molar-refractivity contribution in [2.45, 2.75) is 13.0 Å². The van der Waals surface area contributed by atoms with E-state index in [1.54, 1.807) is 44.4 Å². The van der Waals surface area contributed by atoms with Crippen LogP contribution in [0.3, 0.4) is 0 Å². The van der Waals surface area contributed by atoms with Crippen LogP contribution < -0.4 is 20.5 Å². The van der Waals surface area contributed by atoms with E-state index in [4.69, 9.17) is 26.8 Å². The van der Waals surface area contributed by atoms with Gasteiger partial charge in [0, 0.05) is 5.69 Å². The summed E-state index contributed by atoms with van der Waals surface area (Å²) in [5, 5.41) is 3.17. The Hall–Kier alpha value is -2.40. The van der Waals surface area contributed by atoms with Crippen molar-refractivity contribution in [1.82, 2.24) is 0 Å². The predicted molar refractivity (Wildman–Crippen MR) is 87.6 cm³/mol. The normalized spacial score (nSPS) is 11.6. The number of methoxy groups -OCH3 is 1. The molecule has 0 spiro atoms. The molecular weight excluding hydrogens is 304 g/mol. The molecule has 0 aliphatic carbocycles. The molecule has 1 atom stereocenters. The van der Waals surface area contributed by atoms with Crippen molar-refractivity contribution in [2.75, 3.05) is 18.2 Å². The molecule has 0 aromatic heterocycles. The number of nitrogens with two attached hydrogens (primary N) is 1. The minimum Gasteiger partial charge on any atom is -0.493 e. The van der Waals surface area contributed by atoms with Gasteiger partial charge in [0.15, 0.2) is 17.6 Å². The van der Waals surface area contributed by atoms with Crippen molar-refractivity contribution in [3.05, 3.63) is 47.5 Å². The fraction of sp³-hybridized carbons (Fsp3) is 0.188. The van der Waals surface area contributed by atoms with Gasteiger partial charge in [-0.1, -0.05) is 23.7 Å². The fourth-order valence-electron chi connectivity index (χ4n) is 1.83. The molecule has 1 unspecified atom stereocenters. The van der Waals surface area contributed by atoms with Gasteiger partial charge in [-0.2, -0.15) is 0 Å². The molecule has 2 aromatic carbocycles. The van der Waals surface area contributed by atoms with Crippen LogP contribution in [0.2, 0.25) is 5.02 Å². The lowest BCUT2D eigenvalue weighted by molar-refractivity contribution is -0.122. The van der Waals surface area contributed by atoms with E-state index in [-0.39, 0.29) is 5.91 Å². The number of amides is 1. The van der Waals surface area contributed by atoms with Crippen LogP contribution in [-0.4, -0.2) is 19.1 Å². The van der Waals surface area contributed by atoms with E-state index < -0.39 is 6.10 Å². The maximum absolute atomic E-state index is 12.2. The molecule has 6 heteroatoms. The summed E-state index contributed by atoms with van der Waals surface area (Å²) in [6, 6.07) is 12.0. The highest BCUT2D eigenvalue weighted by Gasteiger charge is 2.17. The Balaban J connectivity index is 2.04. The monoisotopic (exact) mass is 320 g/mol. The maximum atomic E-state index is 12.2. The molecule has 0 heterocycles. The number of anilines is 2. The average Bonchev–Trinajstić information content (AvgIpc) is 2.51. The Morgan fingerprint density at radius 1 is 1.23 bits per heavy atom. The minimum absolute atomic E-state index is 0.298. The zero-order valence-electron chi connectivity index (χ0n) is 12.3. The second-order valence-electron chi connectivity index (χ2n) is 4.64. The van der Waals surface area contributed by atoms with E-state index in [9.17, 15) is 4.79 Å². The van der Waals surface area contributed by atoms with Gasteiger partial charge < -0.3 is 20.5 Å². The van der Waals surface area contributed by atoms with Crippen molar-refractivity contribution >= 4 is 28.9 Å². The summed E-state index contributed by atoms with van der Waals surface area (Å²) < 4.78 is 10.8. The molecule has 0 bridgehead atoms. The molecule has 0 fully saturated rings. The number of carbonyl (C=O) groups excluding carboxylic acids is 1. The van der Waals surface area contributed by atoms with E-state index in [0.29, 0.717) is 27.9 Å². The smallest absolute Gasteiger partial charge is 0.265 e. The highest BCUT2D eigenvalue weighted by atomic mass is 35.5. The summed E-state index contributed by atoms with van der Waals surface area (Å²) in [6.45, 7) is 1.65. The topological polar surface area (TPSA) is 73.6 Å². The predicted octanol–water partition coefficient (Wildman–Crippen LogP) is 3.34. The number of benzene rings is 2. The van der Waals surface area contributed by atoms with Crippen LogP contribution in [0.4, 0.5) is 11.4 Å². The molecule has 22 heavy (non-hydrogen) atoms. The second kappa shape index (κ2) is 7.04. The molecule has 0 saturated carbocycles. The summed E-state index contributed by atoms with van der Waals surface area (Å²) in [7, 11) is 1.55. The third kappa shape index (κ3) is 3.83. The Morgan fingerprint density at radius 2 is 1.91 bits per heavy atom. The molecular formula is C16H17ClN2O3. The van der Waals surface area contributed by atoms with Crippen LogP contribution in [-0.2, 0) is 4.79 Å². The first kappa shape index (κ1) is 16.0. The molecule has 2 rings (SSSR count). The van der Waals surface area contributed by atoms with Crippen LogP contribution in [0.1, 0.15) is 6.92 Å². The van der Waals surface area contributed by atoms with Crippen LogP contribution in [0, 0.1) is 0 Å². The van der Waals surface area contributed by atoms with E-state index >= 15 is 0 Å². The number of nitrogen functional groups attached to an aromatic ring is 1. The van der Waals surface area contributed by atoms with Gasteiger partial charge in [0.05, 0.1) is 17.8 Å². The largest absolute Gasteiger partial charge is 0.493 e. The lowest BCUT2D eigenvalue weighted by atomic mass is 10.2. The van der Waals surface area contributed by atoms with Gasteiger partial charge in [-0.15, -0.1) is 0 Å². The Labute approximate surface area is 134 Å². The summed E-state index contributed by atoms with van der Waals surface area (Å²) in [5.74, 6) is 0.772. The van der Waals surface area contributed by atoms with Gasteiger partial charge >= 0.3 is 0 Å². The summed E-state index contributed by atoms with van der Waals surface area (Å²) in [4.78, 5) is 12.2. The maximum Gasteiger partial charge on any atom is 0.265 e. The van der Waals surface area contributed by atoms with Crippen molar-refractivity contribution in [3.63, 3.8) is 0 Å².